The summed E-state index contributed by atoms with van der Waals surface area (Å²) in [5.41, 5.74) is 5.42. The van der Waals surface area contributed by atoms with Crippen molar-refractivity contribution in [1.29, 1.82) is 0 Å². The lowest BCUT2D eigenvalue weighted by atomic mass is 10.1. The number of rotatable bonds is 21. The third-order valence-corrected chi connectivity index (χ3v) is 4.80. The number of aliphatic carboxylic acids is 1. The van der Waals surface area contributed by atoms with E-state index in [2.05, 4.69) is 12.2 Å². The molecule has 0 aromatic heterocycles. The molecule has 0 bridgehead atoms. The van der Waals surface area contributed by atoms with Gasteiger partial charge in [-0.25, -0.2) is 0 Å². The van der Waals surface area contributed by atoms with E-state index in [1.807, 2.05) is 0 Å². The number of hydrogen-bond acceptors (Lipinski definition) is 5. The zero-order chi connectivity index (χ0) is 20.2. The molecule has 6 nitrogen and oxygen atoms in total. The van der Waals surface area contributed by atoms with Gasteiger partial charge in [0, 0.05) is 13.2 Å². The Balaban J connectivity index is 3.47. The van der Waals surface area contributed by atoms with Gasteiger partial charge in [0.1, 0.15) is 6.04 Å². The first-order chi connectivity index (χ1) is 13.1. The normalized spacial score (nSPS) is 13.6. The molecule has 5 N–H and O–H groups in total. The topological polar surface area (TPSA) is 105 Å². The Morgan fingerprint density at radius 3 is 2.11 bits per heavy atom. The number of hydrogen-bond donors (Lipinski definition) is 4. The Bertz CT molecular complexity index is 329. The molecule has 0 aliphatic rings. The molecule has 0 aliphatic carbocycles. The predicted molar refractivity (Wildman–Crippen MR) is 111 cm³/mol. The highest BCUT2D eigenvalue weighted by Gasteiger charge is 2.17. The van der Waals surface area contributed by atoms with Gasteiger partial charge in [-0.15, -0.1) is 0 Å². The number of aliphatic hydroxyl groups excluding tert-OH is 1. The summed E-state index contributed by atoms with van der Waals surface area (Å²) in [6.45, 7) is 3.96. The fourth-order valence-electron chi connectivity index (χ4n) is 3.05. The fraction of sp³-hybridized carbons (Fsp3) is 0.952. The van der Waals surface area contributed by atoms with E-state index in [4.69, 9.17) is 15.6 Å². The fourth-order valence-corrected chi connectivity index (χ4v) is 3.05. The van der Waals surface area contributed by atoms with Crippen LogP contribution in [0.2, 0.25) is 0 Å². The molecule has 0 aromatic carbocycles. The number of ether oxygens (including phenoxy) is 1. The van der Waals surface area contributed by atoms with E-state index in [1.54, 1.807) is 0 Å². The van der Waals surface area contributed by atoms with Crippen LogP contribution in [0.3, 0.4) is 0 Å². The van der Waals surface area contributed by atoms with Gasteiger partial charge in [-0.1, -0.05) is 71.1 Å². The van der Waals surface area contributed by atoms with Crippen LogP contribution in [0.25, 0.3) is 0 Å². The minimum absolute atomic E-state index is 0.234. The van der Waals surface area contributed by atoms with E-state index >= 15 is 0 Å². The first-order valence-corrected chi connectivity index (χ1v) is 11.0. The van der Waals surface area contributed by atoms with Crippen molar-refractivity contribution in [1.82, 2.24) is 5.32 Å². The number of aliphatic hydroxyl groups is 1. The van der Waals surface area contributed by atoms with Crippen LogP contribution >= 0.6 is 0 Å². The minimum atomic E-state index is -0.884. The molecule has 0 fully saturated rings. The lowest BCUT2D eigenvalue weighted by molar-refractivity contribution is -0.139. The van der Waals surface area contributed by atoms with Crippen molar-refractivity contribution in [2.75, 3.05) is 26.3 Å². The Kier molecular flexibility index (Phi) is 19.5. The summed E-state index contributed by atoms with van der Waals surface area (Å²) in [5, 5.41) is 22.0. The van der Waals surface area contributed by atoms with Gasteiger partial charge in [0.2, 0.25) is 0 Å². The van der Waals surface area contributed by atoms with Crippen molar-refractivity contribution in [3.63, 3.8) is 0 Å². The van der Waals surface area contributed by atoms with Gasteiger partial charge < -0.3 is 26.0 Å². The number of nitrogens with two attached hydrogens (primary N) is 1. The van der Waals surface area contributed by atoms with E-state index in [9.17, 15) is 9.90 Å². The summed E-state index contributed by atoms with van der Waals surface area (Å²) in [5.74, 6) is -0.884. The van der Waals surface area contributed by atoms with Crippen LogP contribution in [0.1, 0.15) is 90.4 Å². The molecule has 0 amide bonds. The van der Waals surface area contributed by atoms with Crippen molar-refractivity contribution in [3.8, 4) is 0 Å². The van der Waals surface area contributed by atoms with Crippen LogP contribution < -0.4 is 11.1 Å². The second-order valence-electron chi connectivity index (χ2n) is 7.49. The third-order valence-electron chi connectivity index (χ3n) is 4.80. The monoisotopic (exact) mass is 388 g/mol. The minimum Gasteiger partial charge on any atom is -0.480 e. The van der Waals surface area contributed by atoms with Crippen LogP contribution in [-0.4, -0.2) is 54.6 Å². The van der Waals surface area contributed by atoms with Crippen molar-refractivity contribution in [3.05, 3.63) is 0 Å². The molecule has 0 spiro atoms. The average molecular weight is 389 g/mol. The number of carboxylic acid groups (broad SMARTS) is 1. The molecule has 162 valence electrons. The lowest BCUT2D eigenvalue weighted by Gasteiger charge is -2.17. The molecule has 0 heterocycles. The smallest absolute Gasteiger partial charge is 0.320 e. The molecular weight excluding hydrogens is 344 g/mol. The summed E-state index contributed by atoms with van der Waals surface area (Å²) in [6, 6.07) is -0.631. The first kappa shape index (κ1) is 26.3. The highest BCUT2D eigenvalue weighted by molar-refractivity contribution is 5.73. The van der Waals surface area contributed by atoms with Crippen LogP contribution in [0, 0.1) is 0 Å². The van der Waals surface area contributed by atoms with Crippen molar-refractivity contribution in [2.24, 2.45) is 5.73 Å². The van der Waals surface area contributed by atoms with E-state index in [0.29, 0.717) is 19.6 Å². The van der Waals surface area contributed by atoms with Crippen LogP contribution in [0.4, 0.5) is 0 Å². The molecule has 2 atom stereocenters. The molecule has 6 heteroatoms. The zero-order valence-corrected chi connectivity index (χ0v) is 17.5. The van der Waals surface area contributed by atoms with E-state index in [0.717, 1.165) is 19.3 Å². The van der Waals surface area contributed by atoms with Crippen molar-refractivity contribution < 1.29 is 19.7 Å². The molecule has 27 heavy (non-hydrogen) atoms. The summed E-state index contributed by atoms with van der Waals surface area (Å²) in [7, 11) is 0. The summed E-state index contributed by atoms with van der Waals surface area (Å²) in [4.78, 5) is 11.2. The van der Waals surface area contributed by atoms with Crippen molar-refractivity contribution in [2.45, 2.75) is 103 Å². The standard InChI is InChI=1S/C21H44N2O4/c1-2-3-4-5-6-7-8-9-10-13-16-27-18-19(24)17-23-20(21(25)26)14-11-12-15-22/h19-20,23-24H,2-18,22H2,1H3,(H,25,26). The first-order valence-electron chi connectivity index (χ1n) is 11.0. The predicted octanol–water partition coefficient (Wildman–Crippen LogP) is 3.46. The quantitative estimate of drug-likeness (QED) is 0.224. The lowest BCUT2D eigenvalue weighted by Crippen LogP contribution is -2.42. The largest absolute Gasteiger partial charge is 0.480 e. The maximum atomic E-state index is 11.2. The van der Waals surface area contributed by atoms with Crippen LogP contribution in [0.5, 0.6) is 0 Å². The number of carbonyl (C=O) groups is 1. The van der Waals surface area contributed by atoms with Gasteiger partial charge in [-0.2, -0.15) is 0 Å². The summed E-state index contributed by atoms with van der Waals surface area (Å²) in [6.07, 6.45) is 14.3. The van der Waals surface area contributed by atoms with Gasteiger partial charge in [0.05, 0.1) is 12.7 Å². The second-order valence-corrected chi connectivity index (χ2v) is 7.49. The maximum Gasteiger partial charge on any atom is 0.320 e. The van der Waals surface area contributed by atoms with Gasteiger partial charge in [-0.3, -0.25) is 4.79 Å². The molecule has 0 saturated heterocycles. The molecule has 2 unspecified atom stereocenters. The molecule has 0 rings (SSSR count). The molecule has 0 aliphatic heterocycles. The van der Waals surface area contributed by atoms with Gasteiger partial charge >= 0.3 is 5.97 Å². The number of carboxylic acids is 1. The molecule has 0 radical (unpaired) electrons. The van der Waals surface area contributed by atoms with Gasteiger partial charge in [-0.05, 0) is 25.8 Å². The highest BCUT2D eigenvalue weighted by atomic mass is 16.5. The highest BCUT2D eigenvalue weighted by Crippen LogP contribution is 2.10. The maximum absolute atomic E-state index is 11.2. The van der Waals surface area contributed by atoms with Crippen LogP contribution in [-0.2, 0) is 9.53 Å². The molecule has 0 aromatic rings. The Morgan fingerprint density at radius 1 is 0.963 bits per heavy atom. The van der Waals surface area contributed by atoms with Crippen molar-refractivity contribution >= 4 is 5.97 Å². The number of unbranched alkanes of at least 4 members (excludes halogenated alkanes) is 10. The Labute approximate surface area is 166 Å². The number of nitrogens with one attached hydrogen (secondary N) is 1. The van der Waals surface area contributed by atoms with Gasteiger partial charge in [0.25, 0.3) is 0 Å². The SMILES string of the molecule is CCCCCCCCCCCCOCC(O)CNC(CCCCN)C(=O)O. The van der Waals surface area contributed by atoms with Crippen LogP contribution in [0.15, 0.2) is 0 Å². The summed E-state index contributed by atoms with van der Waals surface area (Å²) >= 11 is 0. The van der Waals surface area contributed by atoms with E-state index in [-0.39, 0.29) is 13.2 Å². The van der Waals surface area contributed by atoms with E-state index in [1.165, 1.54) is 57.8 Å². The Hall–Kier alpha value is -0.690. The molecule has 0 saturated carbocycles. The molecular formula is C21H44N2O4. The van der Waals surface area contributed by atoms with Gasteiger partial charge in [0.15, 0.2) is 0 Å². The third kappa shape index (κ3) is 18.4. The summed E-state index contributed by atoms with van der Waals surface area (Å²) < 4.78 is 5.50. The zero-order valence-electron chi connectivity index (χ0n) is 17.5. The van der Waals surface area contributed by atoms with E-state index < -0.39 is 18.1 Å². The Morgan fingerprint density at radius 2 is 1.56 bits per heavy atom. The second kappa shape index (κ2) is 20.1. The average Bonchev–Trinajstić information content (AvgIpc) is 2.65.